The minimum absolute atomic E-state index is 0.199. The summed E-state index contributed by atoms with van der Waals surface area (Å²) in [4.78, 5) is 2.23. The van der Waals surface area contributed by atoms with E-state index >= 15 is 0 Å². The predicted molar refractivity (Wildman–Crippen MR) is 86.7 cm³/mol. The van der Waals surface area contributed by atoms with Gasteiger partial charge in [-0.05, 0) is 55.7 Å². The van der Waals surface area contributed by atoms with Crippen molar-refractivity contribution in [1.82, 2.24) is 5.32 Å². The lowest BCUT2D eigenvalue weighted by Crippen LogP contribution is -2.45. The smallest absolute Gasteiger partial charge is 0.154 e. The molecule has 1 atom stereocenters. The van der Waals surface area contributed by atoms with Crippen LogP contribution < -0.4 is 5.32 Å². The van der Waals surface area contributed by atoms with E-state index < -0.39 is 14.6 Å². The summed E-state index contributed by atoms with van der Waals surface area (Å²) in [6.45, 7) is 8.48. The molecule has 0 saturated carbocycles. The van der Waals surface area contributed by atoms with E-state index in [2.05, 4.69) is 28.2 Å². The molecule has 3 nitrogen and oxygen atoms in total. The lowest BCUT2D eigenvalue weighted by molar-refractivity contribution is 0.424. The van der Waals surface area contributed by atoms with Crippen molar-refractivity contribution in [1.29, 1.82) is 0 Å². The molecule has 1 heterocycles. The Labute approximate surface area is 128 Å². The molecule has 110 valence electrons. The van der Waals surface area contributed by atoms with E-state index in [1.807, 2.05) is 13.0 Å². The Morgan fingerprint density at radius 1 is 1.47 bits per heavy atom. The maximum absolute atomic E-state index is 12.1. The summed E-state index contributed by atoms with van der Waals surface area (Å²) in [5, 5.41) is 3.39. The minimum atomic E-state index is -3.16. The van der Waals surface area contributed by atoms with Crippen molar-refractivity contribution < 1.29 is 8.42 Å². The summed E-state index contributed by atoms with van der Waals surface area (Å²) in [5.74, 6) is 0. The minimum Gasteiger partial charge on any atom is -0.308 e. The van der Waals surface area contributed by atoms with Crippen molar-refractivity contribution in [3.05, 3.63) is 20.3 Å². The molecule has 0 spiro atoms. The van der Waals surface area contributed by atoms with Crippen molar-refractivity contribution in [3.8, 4) is 0 Å². The Bertz CT molecular complexity index is 535. The number of halogens is 1. The number of sulfone groups is 1. The highest BCUT2D eigenvalue weighted by molar-refractivity contribution is 9.10. The second-order valence-electron chi connectivity index (χ2n) is 5.33. The summed E-state index contributed by atoms with van der Waals surface area (Å²) in [7, 11) is -3.16. The largest absolute Gasteiger partial charge is 0.308 e. The number of nitrogens with one attached hydrogen (secondary N) is 1. The quantitative estimate of drug-likeness (QED) is 0.833. The summed E-state index contributed by atoms with van der Waals surface area (Å²) in [6, 6.07) is 1.84. The van der Waals surface area contributed by atoms with E-state index in [9.17, 15) is 8.42 Å². The van der Waals surface area contributed by atoms with E-state index in [-0.39, 0.29) is 6.04 Å². The molecule has 1 unspecified atom stereocenters. The monoisotopic (exact) mass is 367 g/mol. The van der Waals surface area contributed by atoms with Gasteiger partial charge in [-0.15, -0.1) is 11.3 Å². The maximum atomic E-state index is 12.1. The molecule has 0 bridgehead atoms. The van der Waals surface area contributed by atoms with Crippen LogP contribution in [-0.2, 0) is 9.84 Å². The first-order valence-electron chi connectivity index (χ1n) is 6.30. The fraction of sp³-hybridized carbons (Fsp3) is 0.692. The summed E-state index contributed by atoms with van der Waals surface area (Å²) >= 11 is 5.19. The molecule has 1 N–H and O–H groups in total. The lowest BCUT2D eigenvalue weighted by atomic mass is 10.0. The SMILES string of the molecule is CCCNC(c1sc(C)cc1Br)C(C)(C)S(C)(=O)=O. The summed E-state index contributed by atoms with van der Waals surface area (Å²) in [5.41, 5.74) is 0. The van der Waals surface area contributed by atoms with Gasteiger partial charge >= 0.3 is 0 Å². The first-order chi connectivity index (χ1) is 8.61. The number of hydrogen-bond donors (Lipinski definition) is 1. The Morgan fingerprint density at radius 3 is 2.42 bits per heavy atom. The third-order valence-electron chi connectivity index (χ3n) is 3.35. The second-order valence-corrected chi connectivity index (χ2v) is 10.1. The van der Waals surface area contributed by atoms with Gasteiger partial charge in [0.15, 0.2) is 9.84 Å². The third kappa shape index (κ3) is 3.80. The van der Waals surface area contributed by atoms with Crippen LogP contribution in [0.3, 0.4) is 0 Å². The van der Waals surface area contributed by atoms with Crippen LogP contribution in [0.4, 0.5) is 0 Å². The molecule has 0 aromatic carbocycles. The number of rotatable bonds is 6. The van der Waals surface area contributed by atoms with Gasteiger partial charge in [0, 0.05) is 20.5 Å². The number of aryl methyl sites for hydroxylation is 1. The molecule has 0 amide bonds. The van der Waals surface area contributed by atoms with Gasteiger partial charge in [-0.1, -0.05) is 6.92 Å². The standard InChI is InChI=1S/C13H22BrNO2S2/c1-6-7-15-12(13(3,4)19(5,16)17)11-10(14)8-9(2)18-11/h8,12,15H,6-7H2,1-5H3. The summed E-state index contributed by atoms with van der Waals surface area (Å²) in [6.07, 6.45) is 2.28. The van der Waals surface area contributed by atoms with Crippen LogP contribution in [0.25, 0.3) is 0 Å². The van der Waals surface area contributed by atoms with Crippen LogP contribution in [0.2, 0.25) is 0 Å². The molecule has 19 heavy (non-hydrogen) atoms. The first kappa shape index (κ1) is 17.1. The van der Waals surface area contributed by atoms with Gasteiger partial charge in [-0.2, -0.15) is 0 Å². The van der Waals surface area contributed by atoms with Crippen molar-refractivity contribution in [2.75, 3.05) is 12.8 Å². The molecule has 6 heteroatoms. The van der Waals surface area contributed by atoms with Crippen LogP contribution in [0, 0.1) is 6.92 Å². The van der Waals surface area contributed by atoms with E-state index in [0.717, 1.165) is 22.3 Å². The lowest BCUT2D eigenvalue weighted by Gasteiger charge is -2.33. The van der Waals surface area contributed by atoms with Crippen LogP contribution in [0.1, 0.15) is 43.0 Å². The van der Waals surface area contributed by atoms with Crippen molar-refractivity contribution in [2.24, 2.45) is 0 Å². The molecule has 0 saturated heterocycles. The van der Waals surface area contributed by atoms with Gasteiger partial charge in [-0.3, -0.25) is 0 Å². The van der Waals surface area contributed by atoms with Crippen molar-refractivity contribution in [2.45, 2.75) is 44.9 Å². The van der Waals surface area contributed by atoms with E-state index in [1.165, 1.54) is 11.1 Å². The first-order valence-corrected chi connectivity index (χ1v) is 9.80. The molecule has 0 aliphatic carbocycles. The van der Waals surface area contributed by atoms with Gasteiger partial charge in [0.1, 0.15) is 0 Å². The fourth-order valence-electron chi connectivity index (χ4n) is 1.86. The molecule has 0 aliphatic rings. The molecule has 1 aromatic rings. The number of thiophene rings is 1. The Kier molecular flexibility index (Phi) is 5.63. The normalized spacial score (nSPS) is 14.6. The highest BCUT2D eigenvalue weighted by atomic mass is 79.9. The second kappa shape index (κ2) is 6.24. The van der Waals surface area contributed by atoms with Crippen molar-refractivity contribution >= 4 is 37.1 Å². The zero-order valence-corrected chi connectivity index (χ0v) is 15.3. The van der Waals surface area contributed by atoms with Crippen LogP contribution in [-0.4, -0.2) is 26.0 Å². The van der Waals surface area contributed by atoms with E-state index in [4.69, 9.17) is 0 Å². The molecule has 0 radical (unpaired) electrons. The average Bonchev–Trinajstić information content (AvgIpc) is 2.56. The van der Waals surface area contributed by atoms with Gasteiger partial charge in [-0.25, -0.2) is 8.42 Å². The Morgan fingerprint density at radius 2 is 2.05 bits per heavy atom. The molecule has 0 aliphatic heterocycles. The van der Waals surface area contributed by atoms with Crippen LogP contribution in [0.5, 0.6) is 0 Å². The van der Waals surface area contributed by atoms with Gasteiger partial charge in [0.05, 0.1) is 10.8 Å². The summed E-state index contributed by atoms with van der Waals surface area (Å²) < 4.78 is 24.3. The average molecular weight is 368 g/mol. The highest BCUT2D eigenvalue weighted by Gasteiger charge is 2.41. The van der Waals surface area contributed by atoms with E-state index in [1.54, 1.807) is 25.2 Å². The molecule has 0 fully saturated rings. The topological polar surface area (TPSA) is 46.2 Å². The predicted octanol–water partition coefficient (Wildman–Crippen LogP) is 3.68. The van der Waals surface area contributed by atoms with Crippen LogP contribution >= 0.6 is 27.3 Å². The van der Waals surface area contributed by atoms with Gasteiger partial charge in [0.25, 0.3) is 0 Å². The molecule has 1 aromatic heterocycles. The molecular weight excluding hydrogens is 346 g/mol. The Hall–Kier alpha value is 0.0900. The van der Waals surface area contributed by atoms with Gasteiger partial charge < -0.3 is 5.32 Å². The molecular formula is C13H22BrNO2S2. The Balaban J connectivity index is 3.26. The van der Waals surface area contributed by atoms with Crippen LogP contribution in [0.15, 0.2) is 10.5 Å². The third-order valence-corrected chi connectivity index (χ3v) is 7.53. The van der Waals surface area contributed by atoms with Crippen molar-refractivity contribution in [3.63, 3.8) is 0 Å². The van der Waals surface area contributed by atoms with E-state index in [0.29, 0.717) is 0 Å². The zero-order valence-electron chi connectivity index (χ0n) is 12.1. The maximum Gasteiger partial charge on any atom is 0.154 e. The zero-order chi connectivity index (χ0) is 14.8. The van der Waals surface area contributed by atoms with Gasteiger partial charge in [0.2, 0.25) is 0 Å². The number of hydrogen-bond acceptors (Lipinski definition) is 4. The highest BCUT2D eigenvalue weighted by Crippen LogP contribution is 2.40. The fourth-order valence-corrected chi connectivity index (χ4v) is 4.70. The molecule has 1 rings (SSSR count).